The highest BCUT2D eigenvalue weighted by molar-refractivity contribution is 6.34. The van der Waals surface area contributed by atoms with Gasteiger partial charge in [-0.2, -0.15) is 0 Å². The highest BCUT2D eigenvalue weighted by atomic mass is 35.5. The minimum absolute atomic E-state index is 0.195. The van der Waals surface area contributed by atoms with E-state index in [4.69, 9.17) is 23.2 Å². The van der Waals surface area contributed by atoms with Crippen LogP contribution in [0.4, 0.5) is 5.69 Å². The van der Waals surface area contributed by atoms with Crippen LogP contribution < -0.4 is 4.90 Å². The number of benzene rings is 1. The Kier molecular flexibility index (Phi) is 4.51. The standard InChI is InChI=1S/C15H17Cl2N3/c1-9(2)12-13(16)18-15(19-14(12)17)10-5-7-11(8-6-10)20(3)4/h5-9H,1-4H3. The maximum absolute atomic E-state index is 6.22. The van der Waals surface area contributed by atoms with Crippen LogP contribution in [0.3, 0.4) is 0 Å². The van der Waals surface area contributed by atoms with E-state index in [1.807, 2.05) is 57.1 Å². The van der Waals surface area contributed by atoms with E-state index in [2.05, 4.69) is 9.97 Å². The molecule has 1 aromatic heterocycles. The van der Waals surface area contributed by atoms with Crippen molar-refractivity contribution in [1.82, 2.24) is 9.97 Å². The molecule has 0 radical (unpaired) electrons. The Balaban J connectivity index is 2.43. The Labute approximate surface area is 129 Å². The molecule has 0 aliphatic heterocycles. The van der Waals surface area contributed by atoms with Gasteiger partial charge < -0.3 is 4.90 Å². The molecule has 0 saturated heterocycles. The minimum Gasteiger partial charge on any atom is -0.378 e. The Bertz CT molecular complexity index is 584. The summed E-state index contributed by atoms with van der Waals surface area (Å²) >= 11 is 12.4. The van der Waals surface area contributed by atoms with Crippen molar-refractivity contribution in [2.24, 2.45) is 0 Å². The first-order chi connectivity index (χ1) is 9.40. The lowest BCUT2D eigenvalue weighted by atomic mass is 10.1. The van der Waals surface area contributed by atoms with Gasteiger partial charge in [0.1, 0.15) is 10.3 Å². The fourth-order valence-electron chi connectivity index (χ4n) is 1.93. The Morgan fingerprint density at radius 3 is 1.85 bits per heavy atom. The summed E-state index contributed by atoms with van der Waals surface area (Å²) in [5.74, 6) is 0.745. The Morgan fingerprint density at radius 1 is 0.950 bits per heavy atom. The van der Waals surface area contributed by atoms with Gasteiger partial charge in [-0.3, -0.25) is 0 Å². The molecule has 20 heavy (non-hydrogen) atoms. The molecule has 0 unspecified atom stereocenters. The third-order valence-electron chi connectivity index (χ3n) is 3.07. The zero-order chi connectivity index (χ0) is 14.9. The van der Waals surface area contributed by atoms with Crippen LogP contribution in [0.25, 0.3) is 11.4 Å². The third kappa shape index (κ3) is 3.05. The number of hydrogen-bond acceptors (Lipinski definition) is 3. The molecule has 0 aliphatic rings. The lowest BCUT2D eigenvalue weighted by Gasteiger charge is -2.13. The number of halogens is 2. The monoisotopic (exact) mass is 309 g/mol. The van der Waals surface area contributed by atoms with Crippen molar-refractivity contribution in [3.63, 3.8) is 0 Å². The van der Waals surface area contributed by atoms with Gasteiger partial charge in [-0.1, -0.05) is 37.0 Å². The van der Waals surface area contributed by atoms with Crippen molar-refractivity contribution in [1.29, 1.82) is 0 Å². The van der Waals surface area contributed by atoms with Crippen molar-refractivity contribution >= 4 is 28.9 Å². The largest absolute Gasteiger partial charge is 0.378 e. The van der Waals surface area contributed by atoms with Gasteiger partial charge in [0.05, 0.1) is 0 Å². The number of anilines is 1. The average Bonchev–Trinajstić information content (AvgIpc) is 2.37. The van der Waals surface area contributed by atoms with Gasteiger partial charge in [0.25, 0.3) is 0 Å². The van der Waals surface area contributed by atoms with Gasteiger partial charge in [-0.15, -0.1) is 0 Å². The summed E-state index contributed by atoms with van der Waals surface area (Å²) in [4.78, 5) is 10.7. The number of hydrogen-bond donors (Lipinski definition) is 0. The number of nitrogens with zero attached hydrogens (tertiary/aromatic N) is 3. The van der Waals surface area contributed by atoms with E-state index in [9.17, 15) is 0 Å². The van der Waals surface area contributed by atoms with E-state index in [1.165, 1.54) is 0 Å². The molecule has 0 aliphatic carbocycles. The van der Waals surface area contributed by atoms with E-state index in [0.717, 1.165) is 16.8 Å². The molecule has 0 fully saturated rings. The van der Waals surface area contributed by atoms with Crippen LogP contribution >= 0.6 is 23.2 Å². The second kappa shape index (κ2) is 5.98. The quantitative estimate of drug-likeness (QED) is 0.773. The topological polar surface area (TPSA) is 29.0 Å². The molecule has 0 saturated carbocycles. The molecule has 106 valence electrons. The van der Waals surface area contributed by atoms with Crippen molar-refractivity contribution < 1.29 is 0 Å². The molecule has 1 heterocycles. The average molecular weight is 310 g/mol. The molecular formula is C15H17Cl2N3. The molecule has 2 aromatic rings. The fourth-order valence-corrected chi connectivity index (χ4v) is 2.75. The van der Waals surface area contributed by atoms with Gasteiger partial charge in [0.2, 0.25) is 0 Å². The molecule has 0 atom stereocenters. The molecule has 0 amide bonds. The highest BCUT2D eigenvalue weighted by Crippen LogP contribution is 2.31. The van der Waals surface area contributed by atoms with Crippen molar-refractivity contribution in [2.75, 3.05) is 19.0 Å². The van der Waals surface area contributed by atoms with Crippen LogP contribution in [0.1, 0.15) is 25.3 Å². The first-order valence-electron chi connectivity index (χ1n) is 6.41. The minimum atomic E-state index is 0.195. The SMILES string of the molecule is CC(C)c1c(Cl)nc(-c2ccc(N(C)C)cc2)nc1Cl. The van der Waals surface area contributed by atoms with Gasteiger partial charge >= 0.3 is 0 Å². The van der Waals surface area contributed by atoms with Gasteiger partial charge in [-0.05, 0) is 30.2 Å². The maximum atomic E-state index is 6.22. The summed E-state index contributed by atoms with van der Waals surface area (Å²) in [5, 5.41) is 0.846. The van der Waals surface area contributed by atoms with Crippen LogP contribution in [-0.2, 0) is 0 Å². The van der Waals surface area contributed by atoms with E-state index < -0.39 is 0 Å². The van der Waals surface area contributed by atoms with Crippen LogP contribution in [0.15, 0.2) is 24.3 Å². The summed E-state index contributed by atoms with van der Waals surface area (Å²) in [5.41, 5.74) is 2.81. The predicted molar refractivity (Wildman–Crippen MR) is 85.9 cm³/mol. The highest BCUT2D eigenvalue weighted by Gasteiger charge is 2.15. The third-order valence-corrected chi connectivity index (χ3v) is 3.65. The van der Waals surface area contributed by atoms with Crippen LogP contribution in [0.5, 0.6) is 0 Å². The van der Waals surface area contributed by atoms with Crippen LogP contribution in [-0.4, -0.2) is 24.1 Å². The molecule has 1 aromatic carbocycles. The van der Waals surface area contributed by atoms with E-state index in [1.54, 1.807) is 0 Å². The lowest BCUT2D eigenvalue weighted by Crippen LogP contribution is -2.08. The molecule has 0 N–H and O–H groups in total. The Hall–Kier alpha value is -1.32. The van der Waals surface area contributed by atoms with E-state index >= 15 is 0 Å². The number of aromatic nitrogens is 2. The summed E-state index contributed by atoms with van der Waals surface area (Å²) in [6, 6.07) is 7.95. The van der Waals surface area contributed by atoms with E-state index in [-0.39, 0.29) is 5.92 Å². The van der Waals surface area contributed by atoms with Crippen molar-refractivity contribution in [3.8, 4) is 11.4 Å². The fraction of sp³-hybridized carbons (Fsp3) is 0.333. The van der Waals surface area contributed by atoms with Gasteiger partial charge in [-0.25, -0.2) is 9.97 Å². The lowest BCUT2D eigenvalue weighted by molar-refractivity contribution is 0.848. The summed E-state index contributed by atoms with van der Waals surface area (Å²) in [7, 11) is 3.99. The summed E-state index contributed by atoms with van der Waals surface area (Å²) < 4.78 is 0. The molecule has 5 heteroatoms. The molecular weight excluding hydrogens is 293 g/mol. The van der Waals surface area contributed by atoms with Gasteiger partial charge in [0.15, 0.2) is 5.82 Å². The second-order valence-corrected chi connectivity index (χ2v) is 5.85. The first-order valence-corrected chi connectivity index (χ1v) is 7.16. The zero-order valence-corrected chi connectivity index (χ0v) is 13.5. The van der Waals surface area contributed by atoms with Crippen molar-refractivity contribution in [3.05, 3.63) is 40.1 Å². The molecule has 2 rings (SSSR count). The smallest absolute Gasteiger partial charge is 0.162 e. The summed E-state index contributed by atoms with van der Waals surface area (Å²) in [6.45, 7) is 4.03. The maximum Gasteiger partial charge on any atom is 0.162 e. The first kappa shape index (κ1) is 15.1. The predicted octanol–water partition coefficient (Wildman–Crippen LogP) is 4.64. The zero-order valence-electron chi connectivity index (χ0n) is 12.0. The summed E-state index contributed by atoms with van der Waals surface area (Å²) in [6.07, 6.45) is 0. The molecule has 0 bridgehead atoms. The van der Waals surface area contributed by atoms with Gasteiger partial charge in [0, 0.05) is 30.9 Å². The molecule has 0 spiro atoms. The van der Waals surface area contributed by atoms with Crippen LogP contribution in [0, 0.1) is 0 Å². The van der Waals surface area contributed by atoms with E-state index in [0.29, 0.717) is 16.1 Å². The molecule has 3 nitrogen and oxygen atoms in total. The van der Waals surface area contributed by atoms with Crippen molar-refractivity contribution in [2.45, 2.75) is 19.8 Å². The second-order valence-electron chi connectivity index (χ2n) is 5.14. The van der Waals surface area contributed by atoms with Crippen LogP contribution in [0.2, 0.25) is 10.3 Å². The number of rotatable bonds is 3. The normalized spacial score (nSPS) is 10.9. The Morgan fingerprint density at radius 2 is 1.45 bits per heavy atom.